The molecule has 1 aliphatic rings. The number of hydrogen-bond donors (Lipinski definition) is 0. The first-order valence-electron chi connectivity index (χ1n) is 13.4. The van der Waals surface area contributed by atoms with Crippen molar-refractivity contribution in [1.29, 1.82) is 0 Å². The number of methoxy groups -OCH3 is 1. The zero-order valence-corrected chi connectivity index (χ0v) is 23.9. The first-order chi connectivity index (χ1) is 20.0. The van der Waals surface area contributed by atoms with Crippen LogP contribution in [-0.4, -0.2) is 28.8 Å². The van der Waals surface area contributed by atoms with E-state index in [4.69, 9.17) is 14.5 Å². The molecule has 0 radical (unpaired) electrons. The van der Waals surface area contributed by atoms with Gasteiger partial charge < -0.3 is 14.0 Å². The molecule has 0 fully saturated rings. The second-order valence-electron chi connectivity index (χ2n) is 9.79. The van der Waals surface area contributed by atoms with Crippen LogP contribution in [0.4, 0.5) is 0 Å². The molecule has 206 valence electrons. The number of ether oxygens (including phenoxy) is 2. The predicted molar refractivity (Wildman–Crippen MR) is 161 cm³/mol. The Morgan fingerprint density at radius 2 is 1.76 bits per heavy atom. The van der Waals surface area contributed by atoms with Crippen molar-refractivity contribution in [2.24, 2.45) is 4.99 Å². The summed E-state index contributed by atoms with van der Waals surface area (Å²) in [6, 6.07) is 25.2. The molecular formula is C33H29N3O4S. The molecule has 0 aliphatic carbocycles. The minimum Gasteiger partial charge on any atom is -0.497 e. The highest BCUT2D eigenvalue weighted by Gasteiger charge is 2.33. The van der Waals surface area contributed by atoms with Gasteiger partial charge in [-0.25, -0.2) is 9.79 Å². The lowest BCUT2D eigenvalue weighted by Crippen LogP contribution is -2.39. The van der Waals surface area contributed by atoms with Crippen molar-refractivity contribution in [3.63, 3.8) is 0 Å². The van der Waals surface area contributed by atoms with E-state index >= 15 is 0 Å². The molecule has 5 aromatic rings. The minimum atomic E-state index is -0.669. The summed E-state index contributed by atoms with van der Waals surface area (Å²) in [5.41, 5.74) is 4.70. The Hall–Kier alpha value is -4.69. The van der Waals surface area contributed by atoms with E-state index in [1.807, 2.05) is 60.7 Å². The van der Waals surface area contributed by atoms with Gasteiger partial charge >= 0.3 is 5.97 Å². The Labute approximate surface area is 240 Å². The Balaban J connectivity index is 1.51. The molecule has 2 aromatic heterocycles. The van der Waals surface area contributed by atoms with Gasteiger partial charge in [0.25, 0.3) is 5.56 Å². The fourth-order valence-electron chi connectivity index (χ4n) is 5.34. The highest BCUT2D eigenvalue weighted by atomic mass is 32.1. The highest BCUT2D eigenvalue weighted by Crippen LogP contribution is 2.31. The van der Waals surface area contributed by atoms with E-state index in [9.17, 15) is 9.59 Å². The van der Waals surface area contributed by atoms with E-state index in [-0.39, 0.29) is 12.2 Å². The van der Waals surface area contributed by atoms with Crippen molar-refractivity contribution in [3.05, 3.63) is 133 Å². The molecule has 1 aliphatic heterocycles. The molecular weight excluding hydrogens is 534 g/mol. The normalized spacial score (nSPS) is 15.1. The molecule has 7 nitrogen and oxygen atoms in total. The van der Waals surface area contributed by atoms with Gasteiger partial charge in [0.15, 0.2) is 4.80 Å². The van der Waals surface area contributed by atoms with Gasteiger partial charge in [-0.3, -0.25) is 9.36 Å². The van der Waals surface area contributed by atoms with Crippen molar-refractivity contribution in [2.45, 2.75) is 26.4 Å². The number of allylic oxidation sites excluding steroid dienone is 1. The quantitative estimate of drug-likeness (QED) is 0.267. The van der Waals surface area contributed by atoms with Gasteiger partial charge in [0.1, 0.15) is 5.75 Å². The third-order valence-electron chi connectivity index (χ3n) is 7.25. The number of esters is 1. The smallest absolute Gasteiger partial charge is 0.338 e. The van der Waals surface area contributed by atoms with Crippen LogP contribution in [0.1, 0.15) is 36.6 Å². The van der Waals surface area contributed by atoms with Crippen LogP contribution in [0.15, 0.2) is 106 Å². The second kappa shape index (κ2) is 11.1. The van der Waals surface area contributed by atoms with Crippen molar-refractivity contribution in [2.75, 3.05) is 13.7 Å². The van der Waals surface area contributed by atoms with Crippen LogP contribution in [0.25, 0.3) is 17.0 Å². The van der Waals surface area contributed by atoms with Gasteiger partial charge in [0, 0.05) is 29.2 Å². The number of thiazole rings is 1. The fraction of sp³-hybridized carbons (Fsp3) is 0.182. The molecule has 0 spiro atoms. The van der Waals surface area contributed by atoms with Crippen LogP contribution < -0.4 is 19.6 Å². The third kappa shape index (κ3) is 4.91. The maximum atomic E-state index is 14.1. The van der Waals surface area contributed by atoms with Crippen LogP contribution >= 0.6 is 11.3 Å². The lowest BCUT2D eigenvalue weighted by molar-refractivity contribution is -0.139. The van der Waals surface area contributed by atoms with Crippen LogP contribution in [-0.2, 0) is 16.1 Å². The number of carbonyl (C=O) groups is 1. The standard InChI is InChI=1S/C33H29N3O4S/c1-4-40-32(38)29-21(2)34-33-36(30(29)23-14-16-25(39-3)17-15-23)31(37)28(41-33)18-24-20-35(19-22-10-6-5-7-11-22)27-13-9-8-12-26(24)27/h5-18,20,30H,4,19H2,1-3H3/b28-18-/t30-/m0/s1. The number of aromatic nitrogens is 2. The largest absolute Gasteiger partial charge is 0.497 e. The predicted octanol–water partition coefficient (Wildman–Crippen LogP) is 4.81. The monoisotopic (exact) mass is 563 g/mol. The second-order valence-corrected chi connectivity index (χ2v) is 10.8. The number of rotatable bonds is 7. The summed E-state index contributed by atoms with van der Waals surface area (Å²) in [7, 11) is 1.60. The molecule has 0 amide bonds. The summed E-state index contributed by atoms with van der Waals surface area (Å²) >= 11 is 1.32. The Bertz CT molecular complexity index is 1960. The van der Waals surface area contributed by atoms with Crippen LogP contribution in [0.2, 0.25) is 0 Å². The molecule has 0 unspecified atom stereocenters. The lowest BCUT2D eigenvalue weighted by Gasteiger charge is -2.24. The molecule has 0 N–H and O–H groups in total. The summed E-state index contributed by atoms with van der Waals surface area (Å²) in [5.74, 6) is 0.208. The van der Waals surface area contributed by atoms with E-state index in [2.05, 4.69) is 35.0 Å². The van der Waals surface area contributed by atoms with Crippen molar-refractivity contribution in [3.8, 4) is 5.75 Å². The molecule has 8 heteroatoms. The molecule has 3 aromatic carbocycles. The summed E-state index contributed by atoms with van der Waals surface area (Å²) in [6.45, 7) is 4.50. The molecule has 3 heterocycles. The minimum absolute atomic E-state index is 0.205. The number of carbonyl (C=O) groups excluding carboxylic acids is 1. The number of hydrogen-bond acceptors (Lipinski definition) is 6. The van der Waals surface area contributed by atoms with Crippen LogP contribution in [0.5, 0.6) is 5.75 Å². The average molecular weight is 564 g/mol. The molecule has 6 rings (SSSR count). The van der Waals surface area contributed by atoms with Crippen LogP contribution in [0.3, 0.4) is 0 Å². The van der Waals surface area contributed by atoms with E-state index in [0.29, 0.717) is 26.4 Å². The SMILES string of the molecule is CCOC(=O)C1=C(C)N=c2s/c(=C\c3cn(Cc4ccccc4)c4ccccc34)c(=O)n2[C@H]1c1ccc(OC)cc1. The third-order valence-corrected chi connectivity index (χ3v) is 8.23. The van der Waals surface area contributed by atoms with Gasteiger partial charge in [-0.15, -0.1) is 0 Å². The summed E-state index contributed by atoms with van der Waals surface area (Å²) in [4.78, 5) is 32.5. The summed E-state index contributed by atoms with van der Waals surface area (Å²) < 4.78 is 15.1. The Morgan fingerprint density at radius 1 is 1.02 bits per heavy atom. The lowest BCUT2D eigenvalue weighted by atomic mass is 9.96. The summed E-state index contributed by atoms with van der Waals surface area (Å²) in [6.07, 6.45) is 4.02. The van der Waals surface area contributed by atoms with Gasteiger partial charge in [-0.2, -0.15) is 0 Å². The van der Waals surface area contributed by atoms with Gasteiger partial charge in [0.05, 0.1) is 35.6 Å². The Morgan fingerprint density at radius 3 is 2.49 bits per heavy atom. The van der Waals surface area contributed by atoms with Crippen molar-refractivity contribution in [1.82, 2.24) is 9.13 Å². The van der Waals surface area contributed by atoms with Gasteiger partial charge in [-0.1, -0.05) is 72.0 Å². The maximum absolute atomic E-state index is 14.1. The number of fused-ring (bicyclic) bond motifs is 2. The molecule has 41 heavy (non-hydrogen) atoms. The molecule has 0 saturated heterocycles. The number of benzene rings is 3. The topological polar surface area (TPSA) is 74.8 Å². The fourth-order valence-corrected chi connectivity index (χ4v) is 6.37. The number of nitrogens with zero attached hydrogens (tertiary/aromatic N) is 3. The van der Waals surface area contributed by atoms with E-state index in [1.165, 1.54) is 16.9 Å². The van der Waals surface area contributed by atoms with E-state index < -0.39 is 12.0 Å². The van der Waals surface area contributed by atoms with Crippen LogP contribution in [0, 0.1) is 0 Å². The van der Waals surface area contributed by atoms with E-state index in [0.717, 1.165) is 28.6 Å². The first-order valence-corrected chi connectivity index (χ1v) is 14.3. The maximum Gasteiger partial charge on any atom is 0.338 e. The van der Waals surface area contributed by atoms with Gasteiger partial charge in [0.2, 0.25) is 0 Å². The van der Waals surface area contributed by atoms with E-state index in [1.54, 1.807) is 25.5 Å². The molecule has 0 saturated carbocycles. The van der Waals surface area contributed by atoms with Crippen molar-refractivity contribution >= 4 is 34.3 Å². The Kier molecular flexibility index (Phi) is 7.15. The van der Waals surface area contributed by atoms with Gasteiger partial charge in [-0.05, 0) is 49.2 Å². The highest BCUT2D eigenvalue weighted by molar-refractivity contribution is 7.07. The molecule has 0 bridgehead atoms. The average Bonchev–Trinajstić information content (AvgIpc) is 3.49. The first kappa shape index (κ1) is 26.5. The molecule has 1 atom stereocenters. The van der Waals surface area contributed by atoms with Crippen molar-refractivity contribution < 1.29 is 14.3 Å². The zero-order valence-electron chi connectivity index (χ0n) is 23.0. The zero-order chi connectivity index (χ0) is 28.5. The number of para-hydroxylation sites is 1. The summed E-state index contributed by atoms with van der Waals surface area (Å²) in [5, 5.41) is 1.06.